The van der Waals surface area contributed by atoms with Gasteiger partial charge in [-0.05, 0) is 35.9 Å². The van der Waals surface area contributed by atoms with E-state index >= 15 is 0 Å². The molecule has 1 fully saturated rings. The summed E-state index contributed by atoms with van der Waals surface area (Å²) >= 11 is -0.0454. The molecule has 0 amide bonds. The number of hydrogen-bond acceptors (Lipinski definition) is 3. The molecule has 7 heteroatoms. The van der Waals surface area contributed by atoms with Crippen LogP contribution in [0.2, 0.25) is 0 Å². The smallest absolute Gasteiger partial charge is 0.314 e. The highest BCUT2D eigenvalue weighted by Crippen LogP contribution is 2.37. The summed E-state index contributed by atoms with van der Waals surface area (Å²) in [5, 5.41) is 3.35. The topological polar surface area (TPSA) is 15.3 Å². The first kappa shape index (κ1) is 21.6. The van der Waals surface area contributed by atoms with E-state index in [0.717, 1.165) is 44.6 Å². The Bertz CT molecular complexity index is 462. The van der Waals surface area contributed by atoms with Crippen molar-refractivity contribution in [3.05, 3.63) is 29.8 Å². The fourth-order valence-electron chi connectivity index (χ4n) is 3.03. The zero-order valence-corrected chi connectivity index (χ0v) is 15.6. The molecule has 0 radical (unpaired) electrons. The third kappa shape index (κ3) is 7.21. The number of thioether (sulfide) groups is 1. The van der Waals surface area contributed by atoms with Crippen LogP contribution < -0.4 is 5.32 Å². The van der Waals surface area contributed by atoms with E-state index in [1.54, 1.807) is 12.1 Å². The number of hydrogen-bond donors (Lipinski definition) is 1. The predicted octanol–water partition coefficient (Wildman–Crippen LogP) is 5.25. The molecule has 138 valence electrons. The monoisotopic (exact) mass is 382 g/mol. The molecule has 1 saturated heterocycles. The number of benzene rings is 1. The standard InChI is InChI=1S/C17H25F3N2S.ClH/c1-2-3-4-5-16(22-12-10-21-11-13-22)14-6-8-15(9-7-14)23-17(18,19)20;/h6-9,16,21H,2-5,10-13H2,1H3;1H/t16-;/m1./s1. The molecule has 1 N–H and O–H groups in total. The maximum Gasteiger partial charge on any atom is 0.446 e. The molecule has 0 aliphatic carbocycles. The van der Waals surface area contributed by atoms with Crippen molar-refractivity contribution in [1.82, 2.24) is 10.2 Å². The minimum Gasteiger partial charge on any atom is -0.314 e. The van der Waals surface area contributed by atoms with Gasteiger partial charge in [0.2, 0.25) is 0 Å². The lowest BCUT2D eigenvalue weighted by Gasteiger charge is -2.35. The second-order valence-corrected chi connectivity index (χ2v) is 7.05. The van der Waals surface area contributed by atoms with Crippen molar-refractivity contribution < 1.29 is 13.2 Å². The van der Waals surface area contributed by atoms with Crippen molar-refractivity contribution in [3.8, 4) is 0 Å². The lowest BCUT2D eigenvalue weighted by Crippen LogP contribution is -2.45. The molecule has 1 aromatic carbocycles. The summed E-state index contributed by atoms with van der Waals surface area (Å²) < 4.78 is 37.3. The lowest BCUT2D eigenvalue weighted by molar-refractivity contribution is -0.0328. The van der Waals surface area contributed by atoms with Gasteiger partial charge < -0.3 is 5.32 Å². The molecule has 2 rings (SSSR count). The maximum atomic E-state index is 12.4. The molecule has 24 heavy (non-hydrogen) atoms. The summed E-state index contributed by atoms with van der Waals surface area (Å²) in [7, 11) is 0. The molecule has 1 atom stereocenters. The van der Waals surface area contributed by atoms with Gasteiger partial charge in [0.05, 0.1) is 0 Å². The number of piperazine rings is 1. The van der Waals surface area contributed by atoms with E-state index in [-0.39, 0.29) is 29.1 Å². The van der Waals surface area contributed by atoms with Gasteiger partial charge in [-0.25, -0.2) is 0 Å². The minimum absolute atomic E-state index is 0. The van der Waals surface area contributed by atoms with E-state index < -0.39 is 5.51 Å². The Kier molecular flexibility index (Phi) is 9.49. The molecule has 1 heterocycles. The summed E-state index contributed by atoms with van der Waals surface area (Å²) in [6.45, 7) is 6.13. The van der Waals surface area contributed by atoms with Gasteiger partial charge in [0.15, 0.2) is 0 Å². The van der Waals surface area contributed by atoms with Crippen LogP contribution in [0.15, 0.2) is 29.2 Å². The summed E-state index contributed by atoms with van der Waals surface area (Å²) in [6, 6.07) is 7.25. The molecule has 0 saturated carbocycles. The van der Waals surface area contributed by atoms with Crippen LogP contribution in [0.25, 0.3) is 0 Å². The third-order valence-electron chi connectivity index (χ3n) is 4.17. The van der Waals surface area contributed by atoms with Crippen LogP contribution in [-0.4, -0.2) is 36.6 Å². The molecule has 2 nitrogen and oxygen atoms in total. The van der Waals surface area contributed by atoms with Gasteiger partial charge in [0, 0.05) is 37.1 Å². The van der Waals surface area contributed by atoms with Crippen molar-refractivity contribution in [2.75, 3.05) is 26.2 Å². The fourth-order valence-corrected chi connectivity index (χ4v) is 3.57. The Morgan fingerprint density at radius 1 is 1.12 bits per heavy atom. The Labute approximate surface area is 153 Å². The van der Waals surface area contributed by atoms with Crippen LogP contribution in [0.1, 0.15) is 44.2 Å². The highest BCUT2D eigenvalue weighted by Gasteiger charge is 2.29. The maximum absolute atomic E-state index is 12.4. The predicted molar refractivity (Wildman–Crippen MR) is 96.9 cm³/mol. The van der Waals surface area contributed by atoms with Crippen molar-refractivity contribution >= 4 is 24.2 Å². The van der Waals surface area contributed by atoms with Crippen molar-refractivity contribution in [3.63, 3.8) is 0 Å². The Hall–Kier alpha value is -0.430. The van der Waals surface area contributed by atoms with Gasteiger partial charge in [-0.1, -0.05) is 38.3 Å². The Morgan fingerprint density at radius 2 is 1.75 bits per heavy atom. The van der Waals surface area contributed by atoms with E-state index in [1.807, 2.05) is 12.1 Å². The summed E-state index contributed by atoms with van der Waals surface area (Å²) in [6.07, 6.45) is 4.60. The average Bonchev–Trinajstić information content (AvgIpc) is 2.52. The first-order chi connectivity index (χ1) is 11.0. The largest absolute Gasteiger partial charge is 0.446 e. The van der Waals surface area contributed by atoms with Crippen LogP contribution in [0, 0.1) is 0 Å². The van der Waals surface area contributed by atoms with Crippen LogP contribution in [-0.2, 0) is 0 Å². The third-order valence-corrected chi connectivity index (χ3v) is 4.91. The number of rotatable bonds is 7. The van der Waals surface area contributed by atoms with Crippen molar-refractivity contribution in [2.45, 2.75) is 49.1 Å². The zero-order chi connectivity index (χ0) is 16.7. The van der Waals surface area contributed by atoms with E-state index in [9.17, 15) is 13.2 Å². The van der Waals surface area contributed by atoms with E-state index in [2.05, 4.69) is 17.1 Å². The van der Waals surface area contributed by atoms with Gasteiger partial charge in [0.1, 0.15) is 0 Å². The highest BCUT2D eigenvalue weighted by atomic mass is 35.5. The van der Waals surface area contributed by atoms with Gasteiger partial charge in [-0.15, -0.1) is 12.4 Å². The van der Waals surface area contributed by atoms with Gasteiger partial charge >= 0.3 is 5.51 Å². The fraction of sp³-hybridized carbons (Fsp3) is 0.647. The van der Waals surface area contributed by atoms with Crippen molar-refractivity contribution in [1.29, 1.82) is 0 Å². The average molecular weight is 383 g/mol. The normalized spacial score (nSPS) is 17.3. The zero-order valence-electron chi connectivity index (χ0n) is 13.9. The number of halogens is 4. The van der Waals surface area contributed by atoms with Gasteiger partial charge in [0.25, 0.3) is 0 Å². The number of unbranched alkanes of at least 4 members (excludes halogenated alkanes) is 2. The molecule has 1 aromatic rings. The highest BCUT2D eigenvalue weighted by molar-refractivity contribution is 8.00. The Morgan fingerprint density at radius 3 is 2.29 bits per heavy atom. The van der Waals surface area contributed by atoms with Crippen LogP contribution in [0.5, 0.6) is 0 Å². The lowest BCUT2D eigenvalue weighted by atomic mass is 9.98. The van der Waals surface area contributed by atoms with Gasteiger partial charge in [-0.3, -0.25) is 4.90 Å². The molecule has 0 unspecified atom stereocenters. The number of nitrogens with zero attached hydrogens (tertiary/aromatic N) is 1. The number of nitrogens with one attached hydrogen (secondary N) is 1. The summed E-state index contributed by atoms with van der Waals surface area (Å²) in [5.74, 6) is 0. The van der Waals surface area contributed by atoms with E-state index in [0.29, 0.717) is 6.04 Å². The summed E-state index contributed by atoms with van der Waals surface area (Å²) in [5.41, 5.74) is -3.09. The molecule has 1 aliphatic rings. The van der Waals surface area contributed by atoms with Crippen molar-refractivity contribution in [2.24, 2.45) is 0 Å². The molecule has 0 aromatic heterocycles. The minimum atomic E-state index is -4.22. The van der Waals surface area contributed by atoms with E-state index in [4.69, 9.17) is 0 Å². The molecule has 0 spiro atoms. The number of alkyl halides is 3. The summed E-state index contributed by atoms with van der Waals surface area (Å²) in [4.78, 5) is 2.71. The molecule has 1 aliphatic heterocycles. The SMILES string of the molecule is CCCCC[C@H](c1ccc(SC(F)(F)F)cc1)N1CCNCC1.Cl. The Balaban J connectivity index is 0.00000288. The first-order valence-corrected chi connectivity index (χ1v) is 9.11. The van der Waals surface area contributed by atoms with Gasteiger partial charge in [-0.2, -0.15) is 13.2 Å². The second kappa shape index (κ2) is 10.5. The van der Waals surface area contributed by atoms with Crippen LogP contribution in [0.3, 0.4) is 0 Å². The van der Waals surface area contributed by atoms with Crippen LogP contribution in [0.4, 0.5) is 13.2 Å². The molecular formula is C17H26ClF3N2S. The molecule has 0 bridgehead atoms. The first-order valence-electron chi connectivity index (χ1n) is 8.30. The molecular weight excluding hydrogens is 357 g/mol. The quantitative estimate of drug-likeness (QED) is 0.512. The second-order valence-electron chi connectivity index (χ2n) is 5.91. The van der Waals surface area contributed by atoms with Crippen LogP contribution >= 0.6 is 24.2 Å². The van der Waals surface area contributed by atoms with E-state index in [1.165, 1.54) is 12.8 Å².